The molecule has 3 aromatic rings. The Hall–Kier alpha value is -4.13. The molecule has 0 aromatic heterocycles. The summed E-state index contributed by atoms with van der Waals surface area (Å²) in [4.78, 5) is 25.2. The highest BCUT2D eigenvalue weighted by atomic mass is 16.5. The molecule has 164 valence electrons. The number of methoxy groups -OCH3 is 2. The quantitative estimate of drug-likeness (QED) is 0.399. The molecule has 0 fully saturated rings. The van der Waals surface area contributed by atoms with E-state index in [1.807, 2.05) is 36.4 Å². The maximum atomic E-state index is 12.6. The average molecular weight is 431 g/mol. The third kappa shape index (κ3) is 6.18. The highest BCUT2D eigenvalue weighted by molar-refractivity contribution is 5.94. The molecule has 1 atom stereocenters. The highest BCUT2D eigenvalue weighted by Gasteiger charge is 2.19. The Morgan fingerprint density at radius 3 is 2.28 bits per heavy atom. The molecule has 0 aliphatic carbocycles. The van der Waals surface area contributed by atoms with Gasteiger partial charge in [-0.25, -0.2) is 5.43 Å². The molecule has 0 aliphatic rings. The minimum Gasteiger partial charge on any atom is -0.497 e. The summed E-state index contributed by atoms with van der Waals surface area (Å²) in [6.45, 7) is 0. The van der Waals surface area contributed by atoms with Crippen LogP contribution in [0.25, 0.3) is 0 Å². The summed E-state index contributed by atoms with van der Waals surface area (Å²) in [6, 6.07) is 23.0. The molecule has 3 aromatic carbocycles. The number of rotatable bonds is 9. The van der Waals surface area contributed by atoms with E-state index >= 15 is 0 Å². The Morgan fingerprint density at radius 2 is 1.62 bits per heavy atom. The van der Waals surface area contributed by atoms with E-state index in [4.69, 9.17) is 9.47 Å². The summed E-state index contributed by atoms with van der Waals surface area (Å²) in [7, 11) is 3.12. The van der Waals surface area contributed by atoms with Crippen molar-refractivity contribution in [2.75, 3.05) is 14.2 Å². The first kappa shape index (κ1) is 22.6. The number of hydrazone groups is 1. The predicted molar refractivity (Wildman–Crippen MR) is 123 cm³/mol. The van der Waals surface area contributed by atoms with Gasteiger partial charge in [-0.1, -0.05) is 48.5 Å². The number of amides is 2. The monoisotopic (exact) mass is 431 g/mol. The van der Waals surface area contributed by atoms with Crippen LogP contribution in [0.5, 0.6) is 11.5 Å². The van der Waals surface area contributed by atoms with Crippen LogP contribution < -0.4 is 20.2 Å². The van der Waals surface area contributed by atoms with E-state index in [9.17, 15) is 9.59 Å². The lowest BCUT2D eigenvalue weighted by Gasteiger charge is -2.18. The van der Waals surface area contributed by atoms with Crippen molar-refractivity contribution >= 4 is 18.0 Å². The van der Waals surface area contributed by atoms with Crippen molar-refractivity contribution in [3.63, 3.8) is 0 Å². The molecule has 2 N–H and O–H groups in total. The number of nitrogens with one attached hydrogen (secondary N) is 2. The second-order valence-electron chi connectivity index (χ2n) is 6.91. The van der Waals surface area contributed by atoms with E-state index in [0.717, 1.165) is 5.56 Å². The second-order valence-corrected chi connectivity index (χ2v) is 6.91. The van der Waals surface area contributed by atoms with Crippen molar-refractivity contribution < 1.29 is 19.1 Å². The molecule has 32 heavy (non-hydrogen) atoms. The summed E-state index contributed by atoms with van der Waals surface area (Å²) in [6.07, 6.45) is 1.52. The Labute approximate surface area is 187 Å². The molecule has 3 rings (SSSR count). The summed E-state index contributed by atoms with van der Waals surface area (Å²) in [5.74, 6) is 0.636. The van der Waals surface area contributed by atoms with E-state index in [1.54, 1.807) is 56.7 Å². The molecule has 7 heteroatoms. The Morgan fingerprint density at radius 1 is 0.938 bits per heavy atom. The number of hydrogen-bond donors (Lipinski definition) is 2. The fourth-order valence-electron chi connectivity index (χ4n) is 3.10. The van der Waals surface area contributed by atoms with E-state index in [2.05, 4.69) is 15.8 Å². The highest BCUT2D eigenvalue weighted by Crippen LogP contribution is 2.23. The molecule has 0 saturated heterocycles. The van der Waals surface area contributed by atoms with Crippen molar-refractivity contribution in [3.8, 4) is 11.5 Å². The maximum absolute atomic E-state index is 12.6. The molecule has 0 saturated carbocycles. The molecule has 0 aliphatic heterocycles. The molecular formula is C25H25N3O4. The zero-order chi connectivity index (χ0) is 22.8. The fourth-order valence-corrected chi connectivity index (χ4v) is 3.10. The van der Waals surface area contributed by atoms with Gasteiger partial charge >= 0.3 is 0 Å². The molecule has 2 amide bonds. The van der Waals surface area contributed by atoms with Gasteiger partial charge in [-0.2, -0.15) is 5.10 Å². The molecule has 7 nitrogen and oxygen atoms in total. The Bertz CT molecular complexity index is 1070. The SMILES string of the molecule is COc1ccc(/C=N\NC(=O)C[C@H](NC(=O)c2ccccc2)c2ccccc2)c(OC)c1. The van der Waals surface area contributed by atoms with Crippen LogP contribution in [0.3, 0.4) is 0 Å². The normalized spacial score (nSPS) is 11.6. The number of nitrogens with zero attached hydrogens (tertiary/aromatic N) is 1. The number of hydrogen-bond acceptors (Lipinski definition) is 5. The Balaban J connectivity index is 1.67. The number of benzene rings is 3. The third-order valence-corrected chi connectivity index (χ3v) is 4.77. The van der Waals surface area contributed by atoms with E-state index in [1.165, 1.54) is 6.21 Å². The van der Waals surface area contributed by atoms with Crippen LogP contribution in [0, 0.1) is 0 Å². The molecule has 0 spiro atoms. The lowest BCUT2D eigenvalue weighted by molar-refractivity contribution is -0.121. The van der Waals surface area contributed by atoms with Crippen LogP contribution in [-0.2, 0) is 4.79 Å². The standard InChI is InChI=1S/C25H25N3O4/c1-31-21-14-13-20(23(15-21)32-2)17-26-28-24(29)16-22(18-9-5-3-6-10-18)27-25(30)19-11-7-4-8-12-19/h3-15,17,22H,16H2,1-2H3,(H,27,30)(H,28,29)/b26-17-/t22-/m0/s1. The average Bonchev–Trinajstić information content (AvgIpc) is 2.84. The second kappa shape index (κ2) is 11.3. The van der Waals surface area contributed by atoms with E-state index < -0.39 is 6.04 Å². The summed E-state index contributed by atoms with van der Waals surface area (Å²) < 4.78 is 10.5. The molecule has 0 heterocycles. The van der Waals surface area contributed by atoms with E-state index in [-0.39, 0.29) is 18.2 Å². The number of carbonyl (C=O) groups is 2. The first-order valence-electron chi connectivity index (χ1n) is 10.1. The summed E-state index contributed by atoms with van der Waals surface area (Å²) in [5.41, 5.74) is 4.56. The maximum Gasteiger partial charge on any atom is 0.251 e. The van der Waals surface area contributed by atoms with Gasteiger partial charge in [0.2, 0.25) is 5.91 Å². The number of ether oxygens (including phenoxy) is 2. The van der Waals surface area contributed by atoms with Crippen molar-refractivity contribution in [2.45, 2.75) is 12.5 Å². The first-order chi connectivity index (χ1) is 15.6. The van der Waals surface area contributed by atoms with Gasteiger partial charge in [0.15, 0.2) is 0 Å². The first-order valence-corrected chi connectivity index (χ1v) is 10.1. The molecular weight excluding hydrogens is 406 g/mol. The van der Waals surface area contributed by atoms with Gasteiger partial charge in [0, 0.05) is 17.2 Å². The van der Waals surface area contributed by atoms with Gasteiger partial charge in [0.1, 0.15) is 11.5 Å². The van der Waals surface area contributed by atoms with Gasteiger partial charge in [0.05, 0.1) is 32.9 Å². The zero-order valence-corrected chi connectivity index (χ0v) is 17.9. The zero-order valence-electron chi connectivity index (χ0n) is 17.9. The fraction of sp³-hybridized carbons (Fsp3) is 0.160. The van der Waals surface area contributed by atoms with Gasteiger partial charge in [-0.3, -0.25) is 9.59 Å². The van der Waals surface area contributed by atoms with Crippen molar-refractivity contribution in [1.29, 1.82) is 0 Å². The van der Waals surface area contributed by atoms with Gasteiger partial charge in [-0.05, 0) is 29.8 Å². The van der Waals surface area contributed by atoms with E-state index in [0.29, 0.717) is 22.6 Å². The van der Waals surface area contributed by atoms with Crippen LogP contribution in [0.1, 0.15) is 33.9 Å². The van der Waals surface area contributed by atoms with Gasteiger partial charge < -0.3 is 14.8 Å². The van der Waals surface area contributed by atoms with Crippen LogP contribution in [0.15, 0.2) is 84.0 Å². The lowest BCUT2D eigenvalue weighted by Crippen LogP contribution is -2.32. The summed E-state index contributed by atoms with van der Waals surface area (Å²) >= 11 is 0. The minimum atomic E-state index is -0.505. The Kier molecular flexibility index (Phi) is 7.97. The molecule has 0 bridgehead atoms. The van der Waals surface area contributed by atoms with Crippen molar-refractivity contribution in [2.24, 2.45) is 5.10 Å². The van der Waals surface area contributed by atoms with Crippen LogP contribution >= 0.6 is 0 Å². The van der Waals surface area contributed by atoms with Crippen molar-refractivity contribution in [3.05, 3.63) is 95.6 Å². The number of carbonyl (C=O) groups excluding carboxylic acids is 2. The van der Waals surface area contributed by atoms with Crippen LogP contribution in [0.2, 0.25) is 0 Å². The van der Waals surface area contributed by atoms with Gasteiger partial charge in [0.25, 0.3) is 5.91 Å². The van der Waals surface area contributed by atoms with Crippen LogP contribution in [-0.4, -0.2) is 32.2 Å². The lowest BCUT2D eigenvalue weighted by atomic mass is 10.0. The minimum absolute atomic E-state index is 0.0275. The molecule has 0 unspecified atom stereocenters. The third-order valence-electron chi connectivity index (χ3n) is 4.77. The molecule has 0 radical (unpaired) electrons. The largest absolute Gasteiger partial charge is 0.497 e. The van der Waals surface area contributed by atoms with Crippen molar-refractivity contribution in [1.82, 2.24) is 10.7 Å². The van der Waals surface area contributed by atoms with Gasteiger partial charge in [-0.15, -0.1) is 0 Å². The smallest absolute Gasteiger partial charge is 0.251 e. The van der Waals surface area contributed by atoms with Crippen LogP contribution in [0.4, 0.5) is 0 Å². The predicted octanol–water partition coefficient (Wildman–Crippen LogP) is 3.72. The topological polar surface area (TPSA) is 89.0 Å². The summed E-state index contributed by atoms with van der Waals surface area (Å²) in [5, 5.41) is 6.97.